The first-order valence-corrected chi connectivity index (χ1v) is 6.70. The summed E-state index contributed by atoms with van der Waals surface area (Å²) in [6, 6.07) is -1.85. The van der Waals surface area contributed by atoms with Crippen molar-refractivity contribution in [1.29, 1.82) is 0 Å². The van der Waals surface area contributed by atoms with E-state index in [1.54, 1.807) is 5.38 Å². The van der Waals surface area contributed by atoms with Crippen LogP contribution in [0.3, 0.4) is 0 Å². The molecule has 0 aromatic carbocycles. The Morgan fingerprint density at radius 3 is 2.50 bits per heavy atom. The predicted octanol–water partition coefficient (Wildman–Crippen LogP) is -0.638. The Hall–Kier alpha value is -2.16. The molecule has 0 saturated heterocycles. The lowest BCUT2D eigenvalue weighted by Gasteiger charge is -2.15. The van der Waals surface area contributed by atoms with Gasteiger partial charge in [-0.05, 0) is 13.8 Å². The number of nitrogens with two attached hydrogens (primary N) is 1. The Morgan fingerprint density at radius 1 is 1.35 bits per heavy atom. The highest BCUT2D eigenvalue weighted by Crippen LogP contribution is 2.11. The number of nitrogens with one attached hydrogen (secondary N) is 2. The largest absolute Gasteiger partial charge is 0.480 e. The maximum atomic E-state index is 11.7. The number of nitrogen functional groups attached to an aromatic ring is 1. The minimum atomic E-state index is -1.14. The summed E-state index contributed by atoms with van der Waals surface area (Å²) in [6.45, 7) is 2.81. The SMILES string of the molecule is C[C@H](NC(=O)[C@H](C)NC(=O)Cc1csc(N)n1)C(=O)O. The van der Waals surface area contributed by atoms with Gasteiger partial charge in [0.15, 0.2) is 5.13 Å². The minimum absolute atomic E-state index is 0.0137. The third-order valence-corrected chi connectivity index (χ3v) is 3.13. The highest BCUT2D eigenvalue weighted by atomic mass is 32.1. The second kappa shape index (κ2) is 6.85. The fraction of sp³-hybridized carbons (Fsp3) is 0.455. The van der Waals surface area contributed by atoms with Gasteiger partial charge in [-0.15, -0.1) is 11.3 Å². The number of nitrogens with zero attached hydrogens (tertiary/aromatic N) is 1. The van der Waals surface area contributed by atoms with Crippen LogP contribution in [0.25, 0.3) is 0 Å². The number of carboxylic acid groups (broad SMARTS) is 1. The fourth-order valence-corrected chi connectivity index (χ4v) is 1.89. The number of hydrogen-bond donors (Lipinski definition) is 4. The van der Waals surface area contributed by atoms with E-state index >= 15 is 0 Å². The van der Waals surface area contributed by atoms with Crippen LogP contribution in [0.1, 0.15) is 19.5 Å². The lowest BCUT2D eigenvalue weighted by Crippen LogP contribution is -2.49. The van der Waals surface area contributed by atoms with E-state index in [4.69, 9.17) is 10.8 Å². The van der Waals surface area contributed by atoms with E-state index in [2.05, 4.69) is 15.6 Å². The van der Waals surface area contributed by atoms with E-state index in [1.807, 2.05) is 0 Å². The molecule has 0 aliphatic rings. The second-order valence-electron chi connectivity index (χ2n) is 4.21. The van der Waals surface area contributed by atoms with E-state index < -0.39 is 24.0 Å². The monoisotopic (exact) mass is 300 g/mol. The summed E-state index contributed by atoms with van der Waals surface area (Å²) in [4.78, 5) is 37.8. The average Bonchev–Trinajstić information content (AvgIpc) is 2.73. The van der Waals surface area contributed by atoms with Crippen LogP contribution in [-0.4, -0.2) is 40.0 Å². The summed E-state index contributed by atoms with van der Waals surface area (Å²) < 4.78 is 0. The van der Waals surface area contributed by atoms with Crippen molar-refractivity contribution in [2.75, 3.05) is 5.73 Å². The molecule has 0 aliphatic heterocycles. The lowest BCUT2D eigenvalue weighted by molar-refractivity contribution is -0.141. The first-order valence-electron chi connectivity index (χ1n) is 5.82. The molecule has 2 atom stereocenters. The molecule has 1 aromatic heterocycles. The molecule has 0 radical (unpaired) electrons. The number of rotatable bonds is 6. The number of hydrogen-bond acceptors (Lipinski definition) is 6. The molecule has 20 heavy (non-hydrogen) atoms. The zero-order valence-electron chi connectivity index (χ0n) is 11.0. The Kier molecular flexibility index (Phi) is 5.44. The van der Waals surface area contributed by atoms with Crippen molar-refractivity contribution >= 4 is 34.3 Å². The van der Waals surface area contributed by atoms with Crippen molar-refractivity contribution in [3.8, 4) is 0 Å². The van der Waals surface area contributed by atoms with Crippen molar-refractivity contribution < 1.29 is 19.5 Å². The van der Waals surface area contributed by atoms with E-state index in [0.29, 0.717) is 10.8 Å². The zero-order chi connectivity index (χ0) is 15.3. The first kappa shape index (κ1) is 15.9. The average molecular weight is 300 g/mol. The van der Waals surface area contributed by atoms with Crippen LogP contribution in [0, 0.1) is 0 Å². The molecule has 8 nitrogen and oxygen atoms in total. The second-order valence-corrected chi connectivity index (χ2v) is 5.10. The van der Waals surface area contributed by atoms with Crippen molar-refractivity contribution in [2.45, 2.75) is 32.4 Å². The van der Waals surface area contributed by atoms with Crippen molar-refractivity contribution in [3.63, 3.8) is 0 Å². The molecule has 0 aliphatic carbocycles. The van der Waals surface area contributed by atoms with Gasteiger partial charge in [-0.1, -0.05) is 0 Å². The van der Waals surface area contributed by atoms with E-state index in [9.17, 15) is 14.4 Å². The van der Waals surface area contributed by atoms with Gasteiger partial charge in [0.05, 0.1) is 12.1 Å². The smallest absolute Gasteiger partial charge is 0.325 e. The van der Waals surface area contributed by atoms with Crippen LogP contribution in [0.5, 0.6) is 0 Å². The molecule has 0 unspecified atom stereocenters. The number of anilines is 1. The molecular formula is C11H16N4O4S. The molecule has 1 heterocycles. The topological polar surface area (TPSA) is 134 Å². The van der Waals surface area contributed by atoms with Gasteiger partial charge >= 0.3 is 5.97 Å². The number of carbonyl (C=O) groups excluding carboxylic acids is 2. The summed E-state index contributed by atoms with van der Waals surface area (Å²) in [5.41, 5.74) is 5.97. The minimum Gasteiger partial charge on any atom is -0.480 e. The van der Waals surface area contributed by atoms with Gasteiger partial charge in [-0.25, -0.2) is 4.98 Å². The summed E-state index contributed by atoms with van der Waals surface area (Å²) >= 11 is 1.23. The quantitative estimate of drug-likeness (QED) is 0.552. The zero-order valence-corrected chi connectivity index (χ0v) is 11.9. The Labute approximate surface area is 119 Å². The molecule has 1 aromatic rings. The van der Waals surface area contributed by atoms with Crippen LogP contribution < -0.4 is 16.4 Å². The normalized spacial score (nSPS) is 13.3. The summed E-state index contributed by atoms with van der Waals surface area (Å²) in [7, 11) is 0. The molecular weight excluding hydrogens is 284 g/mol. The molecule has 0 bridgehead atoms. The number of thiazole rings is 1. The van der Waals surface area contributed by atoms with Crippen LogP contribution in [0.4, 0.5) is 5.13 Å². The number of aliphatic carboxylic acids is 1. The molecule has 2 amide bonds. The number of carboxylic acids is 1. The van der Waals surface area contributed by atoms with Crippen molar-refractivity contribution in [2.24, 2.45) is 0 Å². The van der Waals surface area contributed by atoms with Gasteiger partial charge in [0.2, 0.25) is 11.8 Å². The van der Waals surface area contributed by atoms with E-state index in [-0.39, 0.29) is 12.3 Å². The first-order chi connectivity index (χ1) is 9.29. The molecule has 5 N–H and O–H groups in total. The van der Waals surface area contributed by atoms with Crippen LogP contribution in [0.2, 0.25) is 0 Å². The lowest BCUT2D eigenvalue weighted by atomic mass is 10.2. The highest BCUT2D eigenvalue weighted by molar-refractivity contribution is 7.13. The third-order valence-electron chi connectivity index (χ3n) is 2.41. The maximum Gasteiger partial charge on any atom is 0.325 e. The van der Waals surface area contributed by atoms with Gasteiger partial charge < -0.3 is 21.5 Å². The van der Waals surface area contributed by atoms with Gasteiger partial charge in [-0.3, -0.25) is 14.4 Å². The molecule has 0 saturated carbocycles. The number of amides is 2. The molecule has 110 valence electrons. The van der Waals surface area contributed by atoms with Crippen LogP contribution in [0.15, 0.2) is 5.38 Å². The Morgan fingerprint density at radius 2 is 2.00 bits per heavy atom. The third kappa shape index (κ3) is 4.84. The summed E-state index contributed by atoms with van der Waals surface area (Å²) in [5.74, 6) is -2.10. The van der Waals surface area contributed by atoms with Gasteiger partial charge in [0.25, 0.3) is 0 Å². The summed E-state index contributed by atoms with van der Waals surface area (Å²) in [5, 5.41) is 15.4. The standard InChI is InChI=1S/C11H16N4O4S/c1-5(9(17)14-6(2)10(18)19)13-8(16)3-7-4-20-11(12)15-7/h4-6H,3H2,1-2H3,(H2,12,15)(H,13,16)(H,14,17)(H,18,19)/t5-,6-/m0/s1. The molecule has 0 spiro atoms. The Balaban J connectivity index is 2.44. The van der Waals surface area contributed by atoms with Gasteiger partial charge in [-0.2, -0.15) is 0 Å². The van der Waals surface area contributed by atoms with Crippen molar-refractivity contribution in [1.82, 2.24) is 15.6 Å². The summed E-state index contributed by atoms with van der Waals surface area (Å²) in [6.07, 6.45) is 0.0137. The molecule has 1 rings (SSSR count). The highest BCUT2D eigenvalue weighted by Gasteiger charge is 2.20. The van der Waals surface area contributed by atoms with Crippen LogP contribution >= 0.6 is 11.3 Å². The Bertz CT molecular complexity index is 516. The predicted molar refractivity (Wildman–Crippen MR) is 73.1 cm³/mol. The van der Waals surface area contributed by atoms with Gasteiger partial charge in [0, 0.05) is 5.38 Å². The van der Waals surface area contributed by atoms with E-state index in [1.165, 1.54) is 25.2 Å². The molecule has 9 heteroatoms. The number of carbonyl (C=O) groups is 3. The fourth-order valence-electron chi connectivity index (χ4n) is 1.33. The van der Waals surface area contributed by atoms with Crippen LogP contribution in [-0.2, 0) is 20.8 Å². The van der Waals surface area contributed by atoms with E-state index in [0.717, 1.165) is 0 Å². The number of aromatic nitrogens is 1. The van der Waals surface area contributed by atoms with Crippen molar-refractivity contribution in [3.05, 3.63) is 11.1 Å². The van der Waals surface area contributed by atoms with Gasteiger partial charge in [0.1, 0.15) is 12.1 Å². The maximum absolute atomic E-state index is 11.7. The molecule has 0 fully saturated rings.